The fourth-order valence-corrected chi connectivity index (χ4v) is 4.47. The molecule has 2 aromatic carbocycles. The molecule has 5 nitrogen and oxygen atoms in total. The summed E-state index contributed by atoms with van der Waals surface area (Å²) < 4.78 is 5.48. The Kier molecular flexibility index (Phi) is 4.83. The van der Waals surface area contributed by atoms with Gasteiger partial charge >= 0.3 is 0 Å². The van der Waals surface area contributed by atoms with Crippen molar-refractivity contribution in [3.8, 4) is 0 Å². The van der Waals surface area contributed by atoms with E-state index in [0.717, 1.165) is 56.1 Å². The maximum Gasteiger partial charge on any atom is 0.139 e. The minimum atomic E-state index is 0.563. The van der Waals surface area contributed by atoms with Gasteiger partial charge in [0.2, 0.25) is 0 Å². The lowest BCUT2D eigenvalue weighted by Gasteiger charge is -2.34. The van der Waals surface area contributed by atoms with Crippen LogP contribution in [0.4, 0.5) is 11.5 Å². The summed E-state index contributed by atoms with van der Waals surface area (Å²) in [6.45, 7) is 5.54. The lowest BCUT2D eigenvalue weighted by Crippen LogP contribution is -2.36. The summed E-state index contributed by atoms with van der Waals surface area (Å²) in [5.74, 6) is 1.63. The Balaban J connectivity index is 1.43. The van der Waals surface area contributed by atoms with Crippen LogP contribution in [-0.2, 0) is 4.74 Å². The van der Waals surface area contributed by atoms with E-state index >= 15 is 0 Å². The van der Waals surface area contributed by atoms with E-state index in [1.54, 1.807) is 6.33 Å². The highest BCUT2D eigenvalue weighted by atomic mass is 16.5. The van der Waals surface area contributed by atoms with E-state index in [4.69, 9.17) is 4.74 Å². The van der Waals surface area contributed by atoms with Crippen molar-refractivity contribution < 1.29 is 4.74 Å². The van der Waals surface area contributed by atoms with Crippen molar-refractivity contribution in [1.82, 2.24) is 9.97 Å². The molecule has 0 saturated carbocycles. The number of nitrogens with zero attached hydrogens (tertiary/aromatic N) is 4. The lowest BCUT2D eigenvalue weighted by molar-refractivity contribution is 0.122. The Morgan fingerprint density at radius 1 is 0.893 bits per heavy atom. The number of benzene rings is 2. The SMILES string of the molecule is c1ccc(C2CCCN(c3ncnc4cc(N5CCOCC5)ccc34)C2)cc1. The normalized spacial score (nSPS) is 20.5. The number of rotatable bonds is 3. The first-order chi connectivity index (χ1) is 13.9. The standard InChI is InChI=1S/C23H26N4O/c1-2-5-18(6-3-1)19-7-4-10-27(16-19)23-21-9-8-20(15-22(21)24-17-25-23)26-11-13-28-14-12-26/h1-3,5-6,8-9,15,17,19H,4,7,10-14,16H2. The smallest absolute Gasteiger partial charge is 0.139 e. The summed E-state index contributed by atoms with van der Waals surface area (Å²) in [6.07, 6.45) is 4.15. The van der Waals surface area contributed by atoms with Gasteiger partial charge < -0.3 is 14.5 Å². The molecule has 0 spiro atoms. The Bertz CT molecular complexity index is 940. The van der Waals surface area contributed by atoms with Gasteiger partial charge in [0, 0.05) is 43.2 Å². The summed E-state index contributed by atoms with van der Waals surface area (Å²) in [5, 5.41) is 1.15. The number of anilines is 2. The van der Waals surface area contributed by atoms with Crippen LogP contribution in [0.25, 0.3) is 10.9 Å². The van der Waals surface area contributed by atoms with Crippen LogP contribution in [0.5, 0.6) is 0 Å². The summed E-state index contributed by atoms with van der Waals surface area (Å²) in [5.41, 5.74) is 3.68. The van der Waals surface area contributed by atoms with Crippen LogP contribution >= 0.6 is 0 Å². The number of hydrogen-bond acceptors (Lipinski definition) is 5. The average Bonchev–Trinajstić information content (AvgIpc) is 2.79. The third-order valence-corrected chi connectivity index (χ3v) is 5.97. The molecule has 28 heavy (non-hydrogen) atoms. The van der Waals surface area contributed by atoms with Crippen LogP contribution in [0, 0.1) is 0 Å². The second-order valence-electron chi connectivity index (χ2n) is 7.69. The van der Waals surface area contributed by atoms with Crippen LogP contribution in [0.15, 0.2) is 54.9 Å². The van der Waals surface area contributed by atoms with E-state index in [1.807, 2.05) is 0 Å². The minimum absolute atomic E-state index is 0.563. The van der Waals surface area contributed by atoms with Crippen LogP contribution in [0.2, 0.25) is 0 Å². The maximum absolute atomic E-state index is 5.48. The highest BCUT2D eigenvalue weighted by Crippen LogP contribution is 2.33. The fraction of sp³-hybridized carbons (Fsp3) is 0.391. The number of aromatic nitrogens is 2. The van der Waals surface area contributed by atoms with Crippen molar-refractivity contribution in [2.24, 2.45) is 0 Å². The molecule has 3 aromatic rings. The van der Waals surface area contributed by atoms with Crippen molar-refractivity contribution in [1.29, 1.82) is 0 Å². The van der Waals surface area contributed by atoms with E-state index in [9.17, 15) is 0 Å². The van der Waals surface area contributed by atoms with Gasteiger partial charge in [0.15, 0.2) is 0 Å². The Morgan fingerprint density at radius 3 is 2.61 bits per heavy atom. The largest absolute Gasteiger partial charge is 0.378 e. The van der Waals surface area contributed by atoms with Gasteiger partial charge in [-0.2, -0.15) is 0 Å². The van der Waals surface area contributed by atoms with Gasteiger partial charge in [-0.1, -0.05) is 30.3 Å². The van der Waals surface area contributed by atoms with Crippen molar-refractivity contribution >= 4 is 22.4 Å². The zero-order chi connectivity index (χ0) is 18.8. The zero-order valence-electron chi connectivity index (χ0n) is 16.1. The molecule has 0 radical (unpaired) electrons. The van der Waals surface area contributed by atoms with Crippen LogP contribution in [0.1, 0.15) is 24.3 Å². The maximum atomic E-state index is 5.48. The number of fused-ring (bicyclic) bond motifs is 1. The molecule has 0 aliphatic carbocycles. The fourth-order valence-electron chi connectivity index (χ4n) is 4.47. The first-order valence-electron chi connectivity index (χ1n) is 10.3. The third kappa shape index (κ3) is 3.42. The molecule has 144 valence electrons. The predicted molar refractivity (Wildman–Crippen MR) is 113 cm³/mol. The molecule has 2 saturated heterocycles. The van der Waals surface area contributed by atoms with Crippen LogP contribution < -0.4 is 9.80 Å². The van der Waals surface area contributed by atoms with Gasteiger partial charge in [-0.15, -0.1) is 0 Å². The molecule has 0 amide bonds. The van der Waals surface area contributed by atoms with Gasteiger partial charge in [-0.05, 0) is 36.6 Å². The zero-order valence-corrected chi connectivity index (χ0v) is 16.1. The Morgan fingerprint density at radius 2 is 1.75 bits per heavy atom. The molecule has 2 fully saturated rings. The molecular weight excluding hydrogens is 348 g/mol. The molecule has 5 rings (SSSR count). The predicted octanol–water partition coefficient (Wildman–Crippen LogP) is 3.85. The Hall–Kier alpha value is -2.66. The second-order valence-corrected chi connectivity index (χ2v) is 7.69. The van der Waals surface area contributed by atoms with Gasteiger partial charge in [-0.3, -0.25) is 0 Å². The molecule has 1 aromatic heterocycles. The molecule has 2 aliphatic heterocycles. The van der Waals surface area contributed by atoms with Crippen molar-refractivity contribution in [3.05, 3.63) is 60.4 Å². The molecule has 2 aliphatic rings. The molecular formula is C23H26N4O. The Labute approximate surface area is 166 Å². The van der Waals surface area contributed by atoms with Crippen molar-refractivity contribution in [3.63, 3.8) is 0 Å². The average molecular weight is 374 g/mol. The van der Waals surface area contributed by atoms with Crippen molar-refractivity contribution in [2.45, 2.75) is 18.8 Å². The second kappa shape index (κ2) is 7.76. The third-order valence-electron chi connectivity index (χ3n) is 5.97. The monoisotopic (exact) mass is 374 g/mol. The number of ether oxygens (including phenoxy) is 1. The molecule has 1 atom stereocenters. The van der Waals surface area contributed by atoms with Gasteiger partial charge in [0.05, 0.1) is 18.7 Å². The number of piperidine rings is 1. The van der Waals surface area contributed by atoms with E-state index in [1.165, 1.54) is 24.1 Å². The topological polar surface area (TPSA) is 41.5 Å². The lowest BCUT2D eigenvalue weighted by atomic mass is 9.90. The van der Waals surface area contributed by atoms with E-state index in [-0.39, 0.29) is 0 Å². The van der Waals surface area contributed by atoms with Crippen molar-refractivity contribution in [2.75, 3.05) is 49.2 Å². The van der Waals surface area contributed by atoms with Crippen LogP contribution in [-0.4, -0.2) is 49.4 Å². The molecule has 0 N–H and O–H groups in total. The van der Waals surface area contributed by atoms with E-state index in [0.29, 0.717) is 5.92 Å². The van der Waals surface area contributed by atoms with E-state index < -0.39 is 0 Å². The molecule has 1 unspecified atom stereocenters. The van der Waals surface area contributed by atoms with E-state index in [2.05, 4.69) is 68.3 Å². The van der Waals surface area contributed by atoms with Gasteiger partial charge in [-0.25, -0.2) is 9.97 Å². The molecule has 5 heteroatoms. The summed E-state index contributed by atoms with van der Waals surface area (Å²) in [4.78, 5) is 14.1. The quantitative estimate of drug-likeness (QED) is 0.697. The minimum Gasteiger partial charge on any atom is -0.378 e. The first kappa shape index (κ1) is 17.4. The number of hydrogen-bond donors (Lipinski definition) is 0. The summed E-state index contributed by atoms with van der Waals surface area (Å²) >= 11 is 0. The summed E-state index contributed by atoms with van der Waals surface area (Å²) in [7, 11) is 0. The van der Waals surface area contributed by atoms with Gasteiger partial charge in [0.1, 0.15) is 12.1 Å². The van der Waals surface area contributed by atoms with Gasteiger partial charge in [0.25, 0.3) is 0 Å². The first-order valence-corrected chi connectivity index (χ1v) is 10.3. The van der Waals surface area contributed by atoms with Crippen LogP contribution in [0.3, 0.4) is 0 Å². The molecule has 0 bridgehead atoms. The highest BCUT2D eigenvalue weighted by Gasteiger charge is 2.24. The summed E-state index contributed by atoms with van der Waals surface area (Å²) in [6, 6.07) is 17.5. The number of morpholine rings is 1. The molecule has 3 heterocycles. The highest BCUT2D eigenvalue weighted by molar-refractivity contribution is 5.91.